The molecule has 4 rings (SSSR count). The van der Waals surface area contributed by atoms with Gasteiger partial charge in [0, 0.05) is 10.6 Å². The zero-order valence-electron chi connectivity index (χ0n) is 13.8. The van der Waals surface area contributed by atoms with Gasteiger partial charge in [-0.2, -0.15) is 0 Å². The van der Waals surface area contributed by atoms with E-state index in [2.05, 4.69) is 0 Å². The molecule has 0 aliphatic heterocycles. The van der Waals surface area contributed by atoms with Gasteiger partial charge in [-0.05, 0) is 23.8 Å². The highest BCUT2D eigenvalue weighted by Crippen LogP contribution is 2.32. The summed E-state index contributed by atoms with van der Waals surface area (Å²) in [5, 5.41) is 0.881. The molecule has 0 aliphatic carbocycles. The zero-order chi connectivity index (χ0) is 17.9. The van der Waals surface area contributed by atoms with Crippen LogP contribution in [0, 0.1) is 0 Å². The molecule has 0 radical (unpaired) electrons. The third kappa shape index (κ3) is 3.22. The minimum Gasteiger partial charge on any atom is -0.481 e. The van der Waals surface area contributed by atoms with Crippen molar-refractivity contribution in [3.8, 4) is 17.1 Å². The molecule has 0 saturated heterocycles. The lowest BCUT2D eigenvalue weighted by molar-refractivity contribution is 0.298. The molecular formula is C22H15ClO3. The molecule has 0 amide bonds. The van der Waals surface area contributed by atoms with Crippen LogP contribution in [0.1, 0.15) is 5.56 Å². The number of hydrogen-bond acceptors (Lipinski definition) is 3. The van der Waals surface area contributed by atoms with Crippen molar-refractivity contribution in [3.05, 3.63) is 99.7 Å². The third-order valence-corrected chi connectivity index (χ3v) is 4.31. The van der Waals surface area contributed by atoms with Crippen LogP contribution in [0.5, 0.6) is 5.75 Å². The van der Waals surface area contributed by atoms with E-state index in [1.165, 1.54) is 0 Å². The molecule has 0 saturated carbocycles. The average Bonchev–Trinajstić information content (AvgIpc) is 2.69. The van der Waals surface area contributed by atoms with Gasteiger partial charge >= 0.3 is 0 Å². The second-order valence-corrected chi connectivity index (χ2v) is 6.31. The van der Waals surface area contributed by atoms with Gasteiger partial charge in [-0.3, -0.25) is 4.79 Å². The minimum atomic E-state index is -0.233. The van der Waals surface area contributed by atoms with E-state index in [4.69, 9.17) is 20.8 Å². The summed E-state index contributed by atoms with van der Waals surface area (Å²) in [6.45, 7) is 0.275. The summed E-state index contributed by atoms with van der Waals surface area (Å²) in [5.74, 6) is 0.608. The van der Waals surface area contributed by atoms with Gasteiger partial charge < -0.3 is 9.15 Å². The Morgan fingerprint density at radius 2 is 1.58 bits per heavy atom. The van der Waals surface area contributed by atoms with Crippen LogP contribution in [0.4, 0.5) is 0 Å². The van der Waals surface area contributed by atoms with Crippen LogP contribution in [0.25, 0.3) is 22.3 Å². The molecule has 0 atom stereocenters. The Morgan fingerprint density at radius 1 is 0.885 bits per heavy atom. The van der Waals surface area contributed by atoms with Crippen LogP contribution in [0.15, 0.2) is 88.1 Å². The maximum atomic E-state index is 13.1. The van der Waals surface area contributed by atoms with Gasteiger partial charge in [0.05, 0.1) is 5.39 Å². The van der Waals surface area contributed by atoms with Gasteiger partial charge in [0.1, 0.15) is 12.2 Å². The Balaban J connectivity index is 1.87. The first kappa shape index (κ1) is 16.4. The number of ether oxygens (including phenoxy) is 1. The summed E-state index contributed by atoms with van der Waals surface area (Å²) in [7, 11) is 0. The van der Waals surface area contributed by atoms with Crippen LogP contribution in [-0.2, 0) is 6.61 Å². The van der Waals surface area contributed by atoms with E-state index in [0.717, 1.165) is 11.1 Å². The number of fused-ring (bicyclic) bond motifs is 1. The van der Waals surface area contributed by atoms with Crippen molar-refractivity contribution in [1.29, 1.82) is 0 Å². The summed E-state index contributed by atoms with van der Waals surface area (Å²) >= 11 is 6.05. The Labute approximate surface area is 155 Å². The summed E-state index contributed by atoms with van der Waals surface area (Å²) < 4.78 is 11.9. The summed E-state index contributed by atoms with van der Waals surface area (Å²) in [6.07, 6.45) is 0. The average molecular weight is 363 g/mol. The van der Waals surface area contributed by atoms with Crippen molar-refractivity contribution >= 4 is 22.6 Å². The van der Waals surface area contributed by atoms with Crippen molar-refractivity contribution in [2.75, 3.05) is 0 Å². The highest BCUT2D eigenvalue weighted by atomic mass is 35.5. The molecule has 1 heterocycles. The predicted octanol–water partition coefficient (Wildman–Crippen LogP) is 5.69. The standard InChI is InChI=1S/C22H15ClO3/c23-17-11-12-19-18(13-17)20(24)22(25-14-15-7-3-1-4-8-15)21(26-19)16-9-5-2-6-10-16/h1-13H,14H2. The van der Waals surface area contributed by atoms with Gasteiger partial charge in [-0.25, -0.2) is 0 Å². The molecule has 0 aliphatic rings. The fourth-order valence-electron chi connectivity index (χ4n) is 2.79. The molecule has 3 nitrogen and oxygen atoms in total. The normalized spacial score (nSPS) is 10.8. The van der Waals surface area contributed by atoms with Gasteiger partial charge in [0.25, 0.3) is 0 Å². The van der Waals surface area contributed by atoms with Gasteiger partial charge in [-0.1, -0.05) is 72.3 Å². The lowest BCUT2D eigenvalue weighted by Gasteiger charge is -2.12. The monoisotopic (exact) mass is 362 g/mol. The van der Waals surface area contributed by atoms with Crippen molar-refractivity contribution in [2.45, 2.75) is 6.61 Å². The first-order valence-electron chi connectivity index (χ1n) is 8.21. The van der Waals surface area contributed by atoms with Gasteiger partial charge in [0.15, 0.2) is 5.76 Å². The number of hydrogen-bond donors (Lipinski definition) is 0. The van der Waals surface area contributed by atoms with Crippen LogP contribution in [0.3, 0.4) is 0 Å². The van der Waals surface area contributed by atoms with Crippen molar-refractivity contribution in [3.63, 3.8) is 0 Å². The highest BCUT2D eigenvalue weighted by Gasteiger charge is 2.18. The maximum absolute atomic E-state index is 13.1. The molecule has 3 aromatic carbocycles. The van der Waals surface area contributed by atoms with Crippen molar-refractivity contribution in [1.82, 2.24) is 0 Å². The smallest absolute Gasteiger partial charge is 0.235 e. The van der Waals surface area contributed by atoms with E-state index in [0.29, 0.717) is 21.8 Å². The third-order valence-electron chi connectivity index (χ3n) is 4.07. The summed E-state index contributed by atoms with van der Waals surface area (Å²) in [4.78, 5) is 13.1. The molecule has 1 aromatic heterocycles. The quantitative estimate of drug-likeness (QED) is 0.468. The lowest BCUT2D eigenvalue weighted by atomic mass is 10.1. The van der Waals surface area contributed by atoms with E-state index in [-0.39, 0.29) is 17.8 Å². The molecule has 0 N–H and O–H groups in total. The van der Waals surface area contributed by atoms with Crippen LogP contribution in [-0.4, -0.2) is 0 Å². The molecule has 26 heavy (non-hydrogen) atoms. The molecule has 128 valence electrons. The van der Waals surface area contributed by atoms with E-state index >= 15 is 0 Å². The number of benzene rings is 3. The first-order chi connectivity index (χ1) is 12.7. The molecule has 0 unspecified atom stereocenters. The SMILES string of the molecule is O=c1c(OCc2ccccc2)c(-c2ccccc2)oc2ccc(Cl)cc12. The van der Waals surface area contributed by atoms with Crippen molar-refractivity contribution < 1.29 is 9.15 Å². The fraction of sp³-hybridized carbons (Fsp3) is 0.0455. The molecule has 4 aromatic rings. The minimum absolute atomic E-state index is 0.190. The Morgan fingerprint density at radius 3 is 2.31 bits per heavy atom. The van der Waals surface area contributed by atoms with E-state index < -0.39 is 0 Å². The predicted molar refractivity (Wildman–Crippen MR) is 104 cm³/mol. The molecule has 4 heteroatoms. The largest absolute Gasteiger partial charge is 0.481 e. The maximum Gasteiger partial charge on any atom is 0.235 e. The second kappa shape index (κ2) is 7.06. The van der Waals surface area contributed by atoms with Crippen LogP contribution in [0.2, 0.25) is 5.02 Å². The molecule has 0 fully saturated rings. The van der Waals surface area contributed by atoms with E-state index in [1.807, 2.05) is 60.7 Å². The van der Waals surface area contributed by atoms with E-state index in [9.17, 15) is 4.79 Å². The first-order valence-corrected chi connectivity index (χ1v) is 8.59. The zero-order valence-corrected chi connectivity index (χ0v) is 14.6. The Bertz CT molecular complexity index is 1100. The summed E-state index contributed by atoms with van der Waals surface area (Å²) in [5.41, 5.74) is 2.00. The molecule has 0 spiro atoms. The van der Waals surface area contributed by atoms with Gasteiger partial charge in [0.2, 0.25) is 11.2 Å². The Kier molecular flexibility index (Phi) is 4.46. The highest BCUT2D eigenvalue weighted by molar-refractivity contribution is 6.31. The number of rotatable bonds is 4. The second-order valence-electron chi connectivity index (χ2n) is 5.87. The van der Waals surface area contributed by atoms with Crippen LogP contribution >= 0.6 is 11.6 Å². The van der Waals surface area contributed by atoms with Crippen LogP contribution < -0.4 is 10.2 Å². The lowest BCUT2D eigenvalue weighted by Crippen LogP contribution is -2.10. The number of halogens is 1. The topological polar surface area (TPSA) is 39.4 Å². The van der Waals surface area contributed by atoms with Gasteiger partial charge in [-0.15, -0.1) is 0 Å². The summed E-state index contributed by atoms with van der Waals surface area (Å²) in [6, 6.07) is 24.2. The van der Waals surface area contributed by atoms with Crippen molar-refractivity contribution in [2.24, 2.45) is 0 Å². The molecular weight excluding hydrogens is 348 g/mol. The fourth-order valence-corrected chi connectivity index (χ4v) is 2.96. The van der Waals surface area contributed by atoms with E-state index in [1.54, 1.807) is 18.2 Å². The molecule has 0 bridgehead atoms. The Hall–Kier alpha value is -3.04.